The topological polar surface area (TPSA) is 64.1 Å². The number of ether oxygens (including phenoxy) is 3. The number of hydrogen-bond donors (Lipinski definition) is 2. The molecule has 0 radical (unpaired) electrons. The smallest absolute Gasteiger partial charge is 0.191 e. The van der Waals surface area contributed by atoms with Crippen molar-refractivity contribution in [3.63, 3.8) is 0 Å². The summed E-state index contributed by atoms with van der Waals surface area (Å²) in [6.45, 7) is 2.27. The van der Waals surface area contributed by atoms with Crippen molar-refractivity contribution in [2.24, 2.45) is 4.99 Å². The van der Waals surface area contributed by atoms with Crippen LogP contribution < -0.4 is 20.1 Å². The molecule has 2 rings (SSSR count). The van der Waals surface area contributed by atoms with E-state index in [0.717, 1.165) is 35.6 Å². The zero-order valence-electron chi connectivity index (χ0n) is 16.6. The second-order valence-corrected chi connectivity index (χ2v) is 7.50. The van der Waals surface area contributed by atoms with E-state index in [1.807, 2.05) is 12.1 Å². The third-order valence-corrected chi connectivity index (χ3v) is 5.29. The lowest BCUT2D eigenvalue weighted by Gasteiger charge is -2.22. The number of nitrogens with zero attached hydrogens (tertiary/aromatic N) is 1. The average molecular weight is 442 g/mol. The number of aliphatic imine (C=N–C) groups is 1. The zero-order chi connectivity index (χ0) is 19.5. The van der Waals surface area contributed by atoms with Crippen LogP contribution in [0.25, 0.3) is 0 Å². The molecular weight excluding hydrogens is 410 g/mol. The van der Waals surface area contributed by atoms with Crippen LogP contribution in [0.4, 0.5) is 0 Å². The largest absolute Gasteiger partial charge is 0.493 e. The minimum atomic E-state index is 0.472. The maximum atomic E-state index is 5.96. The van der Waals surface area contributed by atoms with Crippen LogP contribution in [0.2, 0.25) is 0 Å². The van der Waals surface area contributed by atoms with Gasteiger partial charge < -0.3 is 24.8 Å². The molecular formula is C20H32BrN3O3. The highest BCUT2D eigenvalue weighted by Crippen LogP contribution is 2.36. The third-order valence-electron chi connectivity index (χ3n) is 4.70. The molecule has 7 heteroatoms. The highest BCUT2D eigenvalue weighted by Gasteiger charge is 2.13. The summed E-state index contributed by atoms with van der Waals surface area (Å²) in [6, 6.07) is 3.97. The lowest BCUT2D eigenvalue weighted by atomic mass is 9.98. The number of benzene rings is 1. The van der Waals surface area contributed by atoms with Crippen molar-refractivity contribution in [3.05, 3.63) is 22.2 Å². The zero-order valence-corrected chi connectivity index (χ0v) is 18.2. The Morgan fingerprint density at radius 3 is 2.59 bits per heavy atom. The van der Waals surface area contributed by atoms with Gasteiger partial charge in [-0.2, -0.15) is 0 Å². The molecule has 0 aliphatic heterocycles. The van der Waals surface area contributed by atoms with Gasteiger partial charge >= 0.3 is 0 Å². The highest BCUT2D eigenvalue weighted by atomic mass is 79.9. The normalized spacial score (nSPS) is 15.5. The molecule has 1 aromatic rings. The molecule has 1 aromatic carbocycles. The average Bonchev–Trinajstić information content (AvgIpc) is 2.70. The molecule has 0 spiro atoms. The minimum Gasteiger partial charge on any atom is -0.493 e. The van der Waals surface area contributed by atoms with Gasteiger partial charge in [-0.25, -0.2) is 0 Å². The van der Waals surface area contributed by atoms with E-state index in [-0.39, 0.29) is 0 Å². The molecule has 1 aliphatic carbocycles. The Bertz CT molecular complexity index is 604. The molecule has 0 atom stereocenters. The number of nitrogens with one attached hydrogen (secondary N) is 2. The molecule has 1 saturated carbocycles. The van der Waals surface area contributed by atoms with Crippen molar-refractivity contribution in [1.82, 2.24) is 10.6 Å². The van der Waals surface area contributed by atoms with E-state index in [2.05, 4.69) is 31.6 Å². The minimum absolute atomic E-state index is 0.472. The number of guanidine groups is 1. The van der Waals surface area contributed by atoms with Gasteiger partial charge in [0.05, 0.1) is 24.8 Å². The molecule has 6 nitrogen and oxygen atoms in total. The third kappa shape index (κ3) is 7.22. The molecule has 1 fully saturated rings. The molecule has 2 N–H and O–H groups in total. The lowest BCUT2D eigenvalue weighted by molar-refractivity contribution is 0.0277. The number of hydrogen-bond acceptors (Lipinski definition) is 4. The summed E-state index contributed by atoms with van der Waals surface area (Å²) in [7, 11) is 5.04. The van der Waals surface area contributed by atoms with Crippen LogP contribution in [0.3, 0.4) is 0 Å². The number of halogens is 1. The van der Waals surface area contributed by atoms with E-state index in [4.69, 9.17) is 14.2 Å². The van der Waals surface area contributed by atoms with Crippen molar-refractivity contribution < 1.29 is 14.2 Å². The van der Waals surface area contributed by atoms with Crippen molar-refractivity contribution in [3.8, 4) is 11.5 Å². The number of methoxy groups -OCH3 is 2. The Balaban J connectivity index is 1.71. The van der Waals surface area contributed by atoms with Gasteiger partial charge in [-0.1, -0.05) is 19.3 Å². The Labute approximate surface area is 171 Å². The van der Waals surface area contributed by atoms with Gasteiger partial charge in [0.25, 0.3) is 0 Å². The second kappa shape index (κ2) is 12.1. The van der Waals surface area contributed by atoms with Crippen LogP contribution in [0, 0.1) is 0 Å². The predicted octanol–water partition coefficient (Wildman–Crippen LogP) is 3.87. The Kier molecular flexibility index (Phi) is 9.77. The van der Waals surface area contributed by atoms with Crippen LogP contribution in [0.5, 0.6) is 11.5 Å². The van der Waals surface area contributed by atoms with Crippen molar-refractivity contribution in [1.29, 1.82) is 0 Å². The first kappa shape index (κ1) is 21.8. The summed E-state index contributed by atoms with van der Waals surface area (Å²) < 4.78 is 17.6. The molecule has 0 bridgehead atoms. The fraction of sp³-hybridized carbons (Fsp3) is 0.650. The van der Waals surface area contributed by atoms with E-state index in [1.165, 1.54) is 32.1 Å². The SMILES string of the molecule is CN=C(NCCCOC1CCCCC1)NCc1cc(Br)c(OC)c(OC)c1. The molecule has 1 aliphatic rings. The number of rotatable bonds is 9. The Morgan fingerprint density at radius 1 is 1.15 bits per heavy atom. The van der Waals surface area contributed by atoms with Gasteiger partial charge in [-0.05, 0) is 52.9 Å². The standard InChI is InChI=1S/C20H32BrN3O3/c1-22-20(23-10-7-11-27-16-8-5-4-6-9-16)24-14-15-12-17(21)19(26-3)18(13-15)25-2/h12-13,16H,4-11,14H2,1-3H3,(H2,22,23,24). The molecule has 0 unspecified atom stereocenters. The molecule has 0 heterocycles. The second-order valence-electron chi connectivity index (χ2n) is 6.65. The summed E-state index contributed by atoms with van der Waals surface area (Å²) in [5.74, 6) is 2.17. The van der Waals surface area contributed by atoms with E-state index >= 15 is 0 Å². The van der Waals surface area contributed by atoms with E-state index < -0.39 is 0 Å². The van der Waals surface area contributed by atoms with Gasteiger partial charge in [-0.15, -0.1) is 0 Å². The van der Waals surface area contributed by atoms with Crippen LogP contribution >= 0.6 is 15.9 Å². The molecule has 0 saturated heterocycles. The van der Waals surface area contributed by atoms with Crippen LogP contribution in [-0.2, 0) is 11.3 Å². The molecule has 0 amide bonds. The van der Waals surface area contributed by atoms with E-state index in [9.17, 15) is 0 Å². The van der Waals surface area contributed by atoms with Crippen molar-refractivity contribution in [2.75, 3.05) is 34.4 Å². The summed E-state index contributed by atoms with van der Waals surface area (Å²) in [4.78, 5) is 4.28. The fourth-order valence-corrected chi connectivity index (χ4v) is 3.89. The van der Waals surface area contributed by atoms with E-state index in [0.29, 0.717) is 24.1 Å². The highest BCUT2D eigenvalue weighted by molar-refractivity contribution is 9.10. The summed E-state index contributed by atoms with van der Waals surface area (Å²) >= 11 is 3.52. The van der Waals surface area contributed by atoms with Crippen LogP contribution in [0.1, 0.15) is 44.1 Å². The summed E-state index contributed by atoms with van der Waals surface area (Å²) in [5, 5.41) is 6.66. The summed E-state index contributed by atoms with van der Waals surface area (Å²) in [6.07, 6.45) is 7.87. The van der Waals surface area contributed by atoms with Crippen molar-refractivity contribution >= 4 is 21.9 Å². The first-order chi connectivity index (χ1) is 13.2. The van der Waals surface area contributed by atoms with Crippen LogP contribution in [0.15, 0.2) is 21.6 Å². The predicted molar refractivity (Wildman–Crippen MR) is 113 cm³/mol. The summed E-state index contributed by atoms with van der Waals surface area (Å²) in [5.41, 5.74) is 1.07. The van der Waals surface area contributed by atoms with Crippen LogP contribution in [-0.4, -0.2) is 46.5 Å². The van der Waals surface area contributed by atoms with Crippen molar-refractivity contribution in [2.45, 2.75) is 51.2 Å². The first-order valence-corrected chi connectivity index (χ1v) is 10.4. The molecule has 0 aromatic heterocycles. The Morgan fingerprint density at radius 2 is 1.93 bits per heavy atom. The van der Waals surface area contributed by atoms with Gasteiger partial charge in [-0.3, -0.25) is 4.99 Å². The monoisotopic (exact) mass is 441 g/mol. The van der Waals surface area contributed by atoms with E-state index in [1.54, 1.807) is 21.3 Å². The maximum Gasteiger partial charge on any atom is 0.191 e. The molecule has 152 valence electrons. The van der Waals surface area contributed by atoms with Gasteiger partial charge in [0.1, 0.15) is 0 Å². The van der Waals surface area contributed by atoms with Gasteiger partial charge in [0, 0.05) is 26.7 Å². The lowest BCUT2D eigenvalue weighted by Crippen LogP contribution is -2.37. The maximum absolute atomic E-state index is 5.96. The Hall–Kier alpha value is -1.47. The molecule has 27 heavy (non-hydrogen) atoms. The van der Waals surface area contributed by atoms with Gasteiger partial charge in [0.15, 0.2) is 17.5 Å². The first-order valence-electron chi connectivity index (χ1n) is 9.64. The van der Waals surface area contributed by atoms with Gasteiger partial charge in [0.2, 0.25) is 0 Å². The fourth-order valence-electron chi connectivity index (χ4n) is 3.24. The quantitative estimate of drug-likeness (QED) is 0.345.